The largest absolute Gasteiger partial charge is 0.487 e. The molecular weight excluding hydrogens is 587 g/mol. The number of carbonyl (C=O) groups excluding carboxylic acids is 3. The molecule has 220 valence electrons. The number of pyridine rings is 1. The highest BCUT2D eigenvalue weighted by Crippen LogP contribution is 2.32. The van der Waals surface area contributed by atoms with E-state index in [4.69, 9.17) is 27.9 Å². The van der Waals surface area contributed by atoms with E-state index in [1.807, 2.05) is 37.3 Å². The highest BCUT2D eigenvalue weighted by molar-refractivity contribution is 6.38. The quantitative estimate of drug-likeness (QED) is 0.266. The summed E-state index contributed by atoms with van der Waals surface area (Å²) in [4.78, 5) is 45.9. The normalized spacial score (nSPS) is 13.4. The van der Waals surface area contributed by atoms with Crippen LogP contribution in [0.3, 0.4) is 0 Å². The number of amides is 3. The summed E-state index contributed by atoms with van der Waals surface area (Å²) in [7, 11) is 1.58. The van der Waals surface area contributed by atoms with Gasteiger partial charge < -0.3 is 19.9 Å². The van der Waals surface area contributed by atoms with Crippen LogP contribution in [0.15, 0.2) is 72.8 Å². The van der Waals surface area contributed by atoms with E-state index in [9.17, 15) is 14.4 Å². The summed E-state index contributed by atoms with van der Waals surface area (Å²) < 4.78 is 6.09. The minimum atomic E-state index is -0.232. The van der Waals surface area contributed by atoms with Gasteiger partial charge in [0.1, 0.15) is 17.9 Å². The number of benzene rings is 3. The Balaban J connectivity index is 1.21. The number of hydrogen-bond acceptors (Lipinski definition) is 5. The van der Waals surface area contributed by atoms with Gasteiger partial charge in [0.05, 0.1) is 10.6 Å². The first-order chi connectivity index (χ1) is 20.7. The molecule has 0 saturated carbocycles. The first-order valence-corrected chi connectivity index (χ1v) is 14.5. The van der Waals surface area contributed by atoms with Gasteiger partial charge in [-0.2, -0.15) is 0 Å². The third-order valence-electron chi connectivity index (χ3n) is 7.31. The fraction of sp³-hybridized carbons (Fsp3) is 0.212. The topological polar surface area (TPSA) is 91.8 Å². The molecule has 0 radical (unpaired) electrons. The molecule has 43 heavy (non-hydrogen) atoms. The van der Waals surface area contributed by atoms with Gasteiger partial charge in [0.15, 0.2) is 0 Å². The van der Waals surface area contributed by atoms with E-state index in [0.29, 0.717) is 53.6 Å². The lowest BCUT2D eigenvalue weighted by Crippen LogP contribution is -2.50. The molecule has 0 unspecified atom stereocenters. The molecule has 1 aliphatic rings. The molecule has 0 bridgehead atoms. The van der Waals surface area contributed by atoms with Crippen LogP contribution in [0.2, 0.25) is 10.0 Å². The summed E-state index contributed by atoms with van der Waals surface area (Å²) in [6, 6.07) is 19.9. The third kappa shape index (κ3) is 6.82. The molecule has 1 fully saturated rings. The third-order valence-corrected chi connectivity index (χ3v) is 8.09. The molecule has 4 aromatic rings. The lowest BCUT2D eigenvalue weighted by molar-refractivity contribution is -0.127. The fourth-order valence-corrected chi connectivity index (χ4v) is 5.40. The van der Waals surface area contributed by atoms with Crippen LogP contribution in [0.25, 0.3) is 17.0 Å². The van der Waals surface area contributed by atoms with Gasteiger partial charge in [-0.05, 0) is 55.0 Å². The van der Waals surface area contributed by atoms with E-state index in [-0.39, 0.29) is 29.4 Å². The van der Waals surface area contributed by atoms with Crippen LogP contribution in [-0.4, -0.2) is 65.7 Å². The highest BCUT2D eigenvalue weighted by atomic mass is 35.5. The number of piperazine rings is 1. The van der Waals surface area contributed by atoms with Gasteiger partial charge in [-0.15, -0.1) is 0 Å². The minimum absolute atomic E-state index is 0.0661. The lowest BCUT2D eigenvalue weighted by atomic mass is 10.1. The number of para-hydroxylation sites is 1. The number of aryl methyl sites for hydroxylation is 1. The number of fused-ring (bicyclic) bond motifs is 1. The van der Waals surface area contributed by atoms with E-state index in [1.54, 1.807) is 59.3 Å². The summed E-state index contributed by atoms with van der Waals surface area (Å²) in [6.45, 7) is 3.49. The van der Waals surface area contributed by atoms with Gasteiger partial charge in [0, 0.05) is 66.5 Å². The van der Waals surface area contributed by atoms with Crippen LogP contribution in [0.1, 0.15) is 37.5 Å². The molecule has 8 nitrogen and oxygen atoms in total. The second-order valence-electron chi connectivity index (χ2n) is 10.1. The first-order valence-electron chi connectivity index (χ1n) is 13.8. The van der Waals surface area contributed by atoms with E-state index < -0.39 is 0 Å². The number of halogens is 2. The number of ether oxygens (including phenoxy) is 1. The molecule has 5 rings (SSSR count). The van der Waals surface area contributed by atoms with Crippen molar-refractivity contribution in [3.63, 3.8) is 0 Å². The molecule has 1 N–H and O–H groups in total. The van der Waals surface area contributed by atoms with Crippen molar-refractivity contribution in [2.24, 2.45) is 0 Å². The minimum Gasteiger partial charge on any atom is -0.487 e. The fourth-order valence-electron chi connectivity index (χ4n) is 4.84. The van der Waals surface area contributed by atoms with Crippen molar-refractivity contribution in [1.29, 1.82) is 0 Å². The summed E-state index contributed by atoms with van der Waals surface area (Å²) in [6.07, 6.45) is 3.21. The Hall–Kier alpha value is -4.40. The molecule has 1 aliphatic heterocycles. The molecule has 0 aliphatic carbocycles. The maximum atomic E-state index is 13.5. The van der Waals surface area contributed by atoms with Crippen LogP contribution >= 0.6 is 23.2 Å². The number of hydrogen-bond donors (Lipinski definition) is 1. The van der Waals surface area contributed by atoms with E-state index in [0.717, 1.165) is 22.2 Å². The van der Waals surface area contributed by atoms with Crippen LogP contribution in [0.5, 0.6) is 5.75 Å². The molecule has 1 saturated heterocycles. The number of aromatic nitrogens is 1. The zero-order chi connectivity index (χ0) is 30.5. The number of nitrogens with zero attached hydrogens (tertiary/aromatic N) is 3. The van der Waals surface area contributed by atoms with Crippen molar-refractivity contribution in [3.05, 3.63) is 111 Å². The summed E-state index contributed by atoms with van der Waals surface area (Å²) in [5.74, 6) is 0.0478. The van der Waals surface area contributed by atoms with Gasteiger partial charge >= 0.3 is 0 Å². The Morgan fingerprint density at radius 1 is 0.930 bits per heavy atom. The zero-order valence-corrected chi connectivity index (χ0v) is 25.3. The average molecular weight is 618 g/mol. The Morgan fingerprint density at radius 3 is 2.37 bits per heavy atom. The smallest absolute Gasteiger partial charge is 0.255 e. The second-order valence-corrected chi connectivity index (χ2v) is 10.9. The zero-order valence-electron chi connectivity index (χ0n) is 23.8. The van der Waals surface area contributed by atoms with Gasteiger partial charge in [0.25, 0.3) is 11.8 Å². The Labute approximate surface area is 259 Å². The Kier molecular flexibility index (Phi) is 9.28. The van der Waals surface area contributed by atoms with Crippen LogP contribution in [0, 0.1) is 6.92 Å². The van der Waals surface area contributed by atoms with E-state index >= 15 is 0 Å². The van der Waals surface area contributed by atoms with Crippen molar-refractivity contribution < 1.29 is 19.1 Å². The van der Waals surface area contributed by atoms with Gasteiger partial charge in [-0.3, -0.25) is 14.4 Å². The van der Waals surface area contributed by atoms with Crippen molar-refractivity contribution in [2.75, 3.05) is 33.2 Å². The maximum Gasteiger partial charge on any atom is 0.255 e. The molecular formula is C33H30Cl2N4O4. The summed E-state index contributed by atoms with van der Waals surface area (Å²) in [5, 5.41) is 4.17. The molecule has 0 atom stereocenters. The molecule has 10 heteroatoms. The molecule has 0 spiro atoms. The van der Waals surface area contributed by atoms with Crippen molar-refractivity contribution >= 4 is 57.9 Å². The molecule has 3 amide bonds. The predicted octanol–water partition coefficient (Wildman–Crippen LogP) is 5.79. The standard InChI is InChI=1S/C33H30Cl2N4O4/c1-21-6-10-23-4-3-5-28(31(23)37-21)43-20-26-27(34)14-13-25(30(26)35)33(42)39-18-16-38(17-19-39)29(40)15-9-22-7-11-24(12-8-22)32(41)36-2/h3-15H,16-20H2,1-2H3,(H,36,41)/b15-9+. The Bertz CT molecular complexity index is 1710. The lowest BCUT2D eigenvalue weighted by Gasteiger charge is -2.34. The molecule has 3 aromatic carbocycles. The van der Waals surface area contributed by atoms with Crippen LogP contribution < -0.4 is 10.1 Å². The van der Waals surface area contributed by atoms with E-state index in [2.05, 4.69) is 10.3 Å². The van der Waals surface area contributed by atoms with Gasteiger partial charge in [0.2, 0.25) is 5.91 Å². The summed E-state index contributed by atoms with van der Waals surface area (Å²) >= 11 is 13.2. The maximum absolute atomic E-state index is 13.5. The van der Waals surface area contributed by atoms with Crippen LogP contribution in [-0.2, 0) is 11.4 Å². The van der Waals surface area contributed by atoms with Crippen molar-refractivity contribution in [3.8, 4) is 5.75 Å². The Morgan fingerprint density at radius 2 is 1.65 bits per heavy atom. The number of carbonyl (C=O) groups is 3. The van der Waals surface area contributed by atoms with Gasteiger partial charge in [-0.25, -0.2) is 4.98 Å². The average Bonchev–Trinajstić information content (AvgIpc) is 3.03. The second kappa shape index (κ2) is 13.3. The highest BCUT2D eigenvalue weighted by Gasteiger charge is 2.26. The van der Waals surface area contributed by atoms with Crippen LogP contribution in [0.4, 0.5) is 0 Å². The first kappa shape index (κ1) is 30.1. The predicted molar refractivity (Wildman–Crippen MR) is 169 cm³/mol. The molecule has 1 aromatic heterocycles. The van der Waals surface area contributed by atoms with Crippen molar-refractivity contribution in [1.82, 2.24) is 20.1 Å². The number of nitrogens with one attached hydrogen (secondary N) is 1. The number of rotatable bonds is 7. The van der Waals surface area contributed by atoms with Crippen molar-refractivity contribution in [2.45, 2.75) is 13.5 Å². The SMILES string of the molecule is CNC(=O)c1ccc(/C=C/C(=O)N2CCN(C(=O)c3ccc(Cl)c(COc4cccc5ccc(C)nc45)c3Cl)CC2)cc1. The summed E-state index contributed by atoms with van der Waals surface area (Å²) in [5.41, 5.74) is 3.81. The molecule has 2 heterocycles. The van der Waals surface area contributed by atoms with Gasteiger partial charge in [-0.1, -0.05) is 53.5 Å². The monoisotopic (exact) mass is 616 g/mol. The van der Waals surface area contributed by atoms with E-state index in [1.165, 1.54) is 6.08 Å².